The summed E-state index contributed by atoms with van der Waals surface area (Å²) in [5.74, 6) is -0.0992. The van der Waals surface area contributed by atoms with Gasteiger partial charge in [0.05, 0.1) is 21.1 Å². The van der Waals surface area contributed by atoms with Crippen molar-refractivity contribution < 1.29 is 18.6 Å². The molecule has 0 N–H and O–H groups in total. The van der Waals surface area contributed by atoms with Crippen molar-refractivity contribution in [1.82, 2.24) is 0 Å². The molecule has 40 heavy (non-hydrogen) atoms. The average molecular weight is 584 g/mol. The molecule has 0 rings (SSSR count). The third kappa shape index (κ3) is 21.4. The smallest absolute Gasteiger partial charge is 0.204 e. The Labute approximate surface area is 253 Å². The predicted molar refractivity (Wildman–Crippen MR) is 176 cm³/mol. The molecule has 0 aliphatic rings. The van der Waals surface area contributed by atoms with Gasteiger partial charge < -0.3 is 18.5 Å². The van der Waals surface area contributed by atoms with Crippen molar-refractivity contribution in [2.45, 2.75) is 186 Å². The molecule has 0 spiro atoms. The van der Waals surface area contributed by atoms with Gasteiger partial charge in [-0.05, 0) is 12.8 Å². The third-order valence-electron chi connectivity index (χ3n) is 8.29. The van der Waals surface area contributed by atoms with E-state index in [-0.39, 0.29) is 11.6 Å². The molecule has 0 amide bonds. The first-order valence-electron chi connectivity index (χ1n) is 17.4. The van der Waals surface area contributed by atoms with Gasteiger partial charge in [-0.25, -0.2) is 0 Å². The number of hydrogen-bond acceptors (Lipinski definition) is 3. The number of nitrogens with zero attached hydrogens (tertiary/aromatic N) is 1. The molecular weight excluding hydrogens is 513 g/mol. The first kappa shape index (κ1) is 39.7. The monoisotopic (exact) mass is 584 g/mol. The quantitative estimate of drug-likeness (QED) is 0.0353. The molecule has 1 unspecified atom stereocenters. The van der Waals surface area contributed by atoms with E-state index in [9.17, 15) is 9.59 Å². The van der Waals surface area contributed by atoms with Crippen molar-refractivity contribution in [3.05, 3.63) is 0 Å². The van der Waals surface area contributed by atoms with Crippen LogP contribution in [0.4, 0.5) is 0 Å². The largest absolute Gasteiger partial charge is 0.541 e. The lowest BCUT2D eigenvalue weighted by Crippen LogP contribution is -2.58. The highest BCUT2D eigenvalue weighted by molar-refractivity contribution is 7.10. The standard InChI is InChI=1S/C35H70NO3P/c1-6-8-10-12-14-16-18-19-21-23-25-27-29-31-34(38)35(39-40,32-36(3,4)5)33(37)30-28-26-24-22-20-17-15-13-11-9-7-2/h40H,6-32H2,1-5H3. The van der Waals surface area contributed by atoms with E-state index >= 15 is 0 Å². The topological polar surface area (TPSA) is 43.4 Å². The normalized spacial score (nSPS) is 13.4. The zero-order valence-corrected chi connectivity index (χ0v) is 28.8. The fraction of sp³-hybridized carbons (Fsp3) is 0.943. The van der Waals surface area contributed by atoms with Gasteiger partial charge in [0.15, 0.2) is 11.6 Å². The maximum atomic E-state index is 13.4. The van der Waals surface area contributed by atoms with Crippen LogP contribution in [0.5, 0.6) is 0 Å². The van der Waals surface area contributed by atoms with E-state index in [1.54, 1.807) is 0 Å². The molecule has 238 valence electrons. The Morgan fingerprint density at radius 1 is 0.500 bits per heavy atom. The van der Waals surface area contributed by atoms with Crippen LogP contribution >= 0.6 is 9.47 Å². The minimum Gasteiger partial charge on any atom is -0.541 e. The van der Waals surface area contributed by atoms with Crippen LogP contribution in [0.1, 0.15) is 181 Å². The number of hydrogen-bond donors (Lipinski definition) is 0. The maximum absolute atomic E-state index is 13.4. The Bertz CT molecular complexity index is 604. The van der Waals surface area contributed by atoms with Gasteiger partial charge in [-0.1, -0.05) is 155 Å². The fourth-order valence-corrected chi connectivity index (χ4v) is 6.10. The molecule has 5 heteroatoms. The second-order valence-electron chi connectivity index (χ2n) is 13.5. The van der Waals surface area contributed by atoms with Gasteiger partial charge >= 0.3 is 0 Å². The summed E-state index contributed by atoms with van der Waals surface area (Å²) in [6.07, 6.45) is 31.2. The molecule has 0 radical (unpaired) electrons. The van der Waals surface area contributed by atoms with Crippen LogP contribution in [0.25, 0.3) is 0 Å². The minimum atomic E-state index is -1.37. The highest BCUT2D eigenvalue weighted by Gasteiger charge is 2.46. The Morgan fingerprint density at radius 2 is 0.750 bits per heavy atom. The lowest BCUT2D eigenvalue weighted by atomic mass is 9.86. The van der Waals surface area contributed by atoms with E-state index in [4.69, 9.17) is 4.52 Å². The van der Waals surface area contributed by atoms with Crippen molar-refractivity contribution >= 4 is 21.0 Å². The molecule has 0 heterocycles. The van der Waals surface area contributed by atoms with Crippen LogP contribution in [0, 0.1) is 0 Å². The summed E-state index contributed by atoms with van der Waals surface area (Å²) in [7, 11) is 9.25. The molecule has 0 aliphatic carbocycles. The first-order chi connectivity index (χ1) is 19.2. The van der Waals surface area contributed by atoms with Crippen LogP contribution in [-0.4, -0.2) is 49.3 Å². The molecule has 0 aliphatic heterocycles. The molecule has 0 aromatic rings. The van der Waals surface area contributed by atoms with Gasteiger partial charge in [-0.3, -0.25) is 9.59 Å². The van der Waals surface area contributed by atoms with Crippen molar-refractivity contribution in [3.8, 4) is 0 Å². The third-order valence-corrected chi connectivity index (χ3v) is 8.64. The number of unbranched alkanes of at least 4 members (excludes halogenated alkanes) is 22. The van der Waals surface area contributed by atoms with Gasteiger partial charge in [0.25, 0.3) is 0 Å². The Hall–Kier alpha value is -0.310. The minimum absolute atomic E-state index is 0.0494. The lowest BCUT2D eigenvalue weighted by Gasteiger charge is -2.39. The number of carbonyl (C=O) groups is 2. The molecule has 0 fully saturated rings. The predicted octanol–water partition coefficient (Wildman–Crippen LogP) is 10.8. The molecule has 4 nitrogen and oxygen atoms in total. The molecule has 0 bridgehead atoms. The molecule has 0 saturated carbocycles. The van der Waals surface area contributed by atoms with Crippen molar-refractivity contribution in [3.63, 3.8) is 0 Å². The number of likely N-dealkylation sites (N-methyl/N-ethyl adjacent to an activating group) is 1. The number of carbonyl (C=O) groups excluding carboxylic acids is 2. The van der Waals surface area contributed by atoms with E-state index in [1.807, 2.05) is 21.1 Å². The zero-order chi connectivity index (χ0) is 30.0. The molecule has 1 atom stereocenters. The van der Waals surface area contributed by atoms with Gasteiger partial charge in [0.2, 0.25) is 5.60 Å². The molecule has 0 aromatic heterocycles. The average Bonchev–Trinajstić information content (AvgIpc) is 2.92. The van der Waals surface area contributed by atoms with Crippen LogP contribution in [0.3, 0.4) is 0 Å². The number of rotatable bonds is 31. The summed E-state index contributed by atoms with van der Waals surface area (Å²) in [5.41, 5.74) is -1.37. The van der Waals surface area contributed by atoms with Gasteiger partial charge in [-0.15, -0.1) is 0 Å². The summed E-state index contributed by atoms with van der Waals surface area (Å²) < 4.78 is 6.16. The summed E-state index contributed by atoms with van der Waals surface area (Å²) >= 11 is 0. The van der Waals surface area contributed by atoms with Gasteiger partial charge in [0.1, 0.15) is 6.54 Å². The summed E-state index contributed by atoms with van der Waals surface area (Å²) in [6.45, 7) is 4.90. The van der Waals surface area contributed by atoms with E-state index < -0.39 is 5.60 Å². The molecule has 0 aromatic carbocycles. The van der Waals surface area contributed by atoms with Crippen LogP contribution in [0.2, 0.25) is 0 Å². The molecule has 0 saturated heterocycles. The van der Waals surface area contributed by atoms with E-state index in [2.05, 4.69) is 23.3 Å². The highest BCUT2D eigenvalue weighted by Crippen LogP contribution is 2.27. The maximum Gasteiger partial charge on any atom is 0.204 e. The lowest BCUT2D eigenvalue weighted by molar-refractivity contribution is -0.873. The van der Waals surface area contributed by atoms with Crippen LogP contribution in [0.15, 0.2) is 0 Å². The Kier molecular flexibility index (Phi) is 26.1. The number of Topliss-reactive ketones (excluding diaryl/α,β-unsaturated/α-hetero) is 2. The second-order valence-corrected chi connectivity index (χ2v) is 13.7. The molecular formula is C35H70NO3P. The van der Waals surface area contributed by atoms with Crippen molar-refractivity contribution in [2.24, 2.45) is 0 Å². The first-order valence-corrected chi connectivity index (χ1v) is 17.9. The SMILES string of the molecule is CCCCCCCCCCCCCCCC(=O)C(C[N+](C)(C)C)(O[PH-])C(=O)CCCCCCCCCCCCC. The number of quaternary nitrogens is 1. The van der Waals surface area contributed by atoms with Gasteiger partial charge in [-0.2, -0.15) is 0 Å². The fourth-order valence-electron chi connectivity index (χ4n) is 5.80. The Balaban J connectivity index is 4.30. The van der Waals surface area contributed by atoms with Crippen LogP contribution < -0.4 is 0 Å². The second kappa shape index (κ2) is 26.3. The Morgan fingerprint density at radius 3 is 0.975 bits per heavy atom. The highest BCUT2D eigenvalue weighted by atomic mass is 31.0. The van der Waals surface area contributed by atoms with E-state index in [0.717, 1.165) is 25.7 Å². The van der Waals surface area contributed by atoms with E-state index in [0.29, 0.717) is 23.9 Å². The summed E-state index contributed by atoms with van der Waals surface area (Å²) in [4.78, 5) is 26.9. The van der Waals surface area contributed by atoms with Crippen molar-refractivity contribution in [1.29, 1.82) is 0 Å². The summed E-state index contributed by atoms with van der Waals surface area (Å²) in [5, 5.41) is 0. The van der Waals surface area contributed by atoms with Crippen molar-refractivity contribution in [2.75, 3.05) is 27.7 Å². The number of ketones is 2. The van der Waals surface area contributed by atoms with Gasteiger partial charge in [0, 0.05) is 12.8 Å². The summed E-state index contributed by atoms with van der Waals surface area (Å²) in [6, 6.07) is 0. The van der Waals surface area contributed by atoms with E-state index in [1.165, 1.54) is 128 Å². The zero-order valence-electron chi connectivity index (χ0n) is 27.8. The van der Waals surface area contributed by atoms with Crippen LogP contribution in [-0.2, 0) is 14.1 Å².